The molecule has 3 N–H and O–H groups in total. The van der Waals surface area contributed by atoms with Gasteiger partial charge in [0.2, 0.25) is 0 Å². The lowest BCUT2D eigenvalue weighted by atomic mass is 10.0. The number of carbonyl (C=O) groups excluding carboxylic acids is 1. The number of nitrogen functional groups attached to an aromatic ring is 1. The van der Waals surface area contributed by atoms with Crippen molar-refractivity contribution in [1.82, 2.24) is 15.2 Å². The van der Waals surface area contributed by atoms with Gasteiger partial charge in [0.15, 0.2) is 0 Å². The number of anilines is 1. The van der Waals surface area contributed by atoms with E-state index in [1.54, 1.807) is 12.1 Å². The van der Waals surface area contributed by atoms with Crippen LogP contribution >= 0.6 is 0 Å². The Labute approximate surface area is 121 Å². The van der Waals surface area contributed by atoms with E-state index in [2.05, 4.69) is 29.0 Å². The van der Waals surface area contributed by atoms with Crippen molar-refractivity contribution in [2.75, 3.05) is 26.4 Å². The Kier molecular flexibility index (Phi) is 5.95. The summed E-state index contributed by atoms with van der Waals surface area (Å²) in [6.07, 6.45) is 0.761. The molecule has 1 unspecified atom stereocenters. The number of hydrogen-bond acceptors (Lipinski definition) is 4. The zero-order chi connectivity index (χ0) is 15.3. The van der Waals surface area contributed by atoms with Crippen molar-refractivity contribution in [3.63, 3.8) is 0 Å². The molecule has 0 aliphatic carbocycles. The molecule has 0 aliphatic heterocycles. The molecule has 5 nitrogen and oxygen atoms in total. The zero-order valence-electron chi connectivity index (χ0n) is 13.1. The highest BCUT2D eigenvalue weighted by atomic mass is 16.1. The smallest absolute Gasteiger partial charge is 0.251 e. The summed E-state index contributed by atoms with van der Waals surface area (Å²) >= 11 is 0. The zero-order valence-corrected chi connectivity index (χ0v) is 13.1. The number of nitrogens with one attached hydrogen (secondary N) is 1. The largest absolute Gasteiger partial charge is 0.384 e. The Morgan fingerprint density at radius 3 is 2.55 bits per heavy atom. The summed E-state index contributed by atoms with van der Waals surface area (Å²) in [5.74, 6) is 0.670. The fraction of sp³-hybridized carbons (Fsp3) is 0.600. The molecular formula is C15H26N4O. The number of nitrogens with two attached hydrogens (primary N) is 1. The van der Waals surface area contributed by atoms with Crippen LogP contribution in [0.25, 0.3) is 0 Å². The first-order valence-electron chi connectivity index (χ1n) is 7.05. The molecule has 1 heterocycles. The van der Waals surface area contributed by atoms with Gasteiger partial charge in [-0.2, -0.15) is 0 Å². The maximum absolute atomic E-state index is 12.3. The number of amides is 1. The second-order valence-electron chi connectivity index (χ2n) is 5.71. The van der Waals surface area contributed by atoms with Crippen molar-refractivity contribution >= 4 is 11.7 Å². The number of likely N-dealkylation sites (N-methyl/N-ethyl adjacent to an activating group) is 1. The van der Waals surface area contributed by atoms with E-state index in [4.69, 9.17) is 5.73 Å². The predicted molar refractivity (Wildman–Crippen MR) is 82.7 cm³/mol. The highest BCUT2D eigenvalue weighted by Gasteiger charge is 2.18. The summed E-state index contributed by atoms with van der Waals surface area (Å²) in [5, 5.41) is 3.08. The van der Waals surface area contributed by atoms with Crippen molar-refractivity contribution in [1.29, 1.82) is 0 Å². The van der Waals surface area contributed by atoms with Gasteiger partial charge in [0.25, 0.3) is 5.91 Å². The van der Waals surface area contributed by atoms with Crippen LogP contribution in [0.1, 0.15) is 36.8 Å². The van der Waals surface area contributed by atoms with Gasteiger partial charge >= 0.3 is 0 Å². The molecule has 112 valence electrons. The minimum absolute atomic E-state index is 0.0886. The lowest BCUT2D eigenvalue weighted by Crippen LogP contribution is -2.45. The third-order valence-corrected chi connectivity index (χ3v) is 3.21. The molecule has 1 aromatic heterocycles. The van der Waals surface area contributed by atoms with Crippen molar-refractivity contribution < 1.29 is 4.79 Å². The Balaban J connectivity index is 2.85. The van der Waals surface area contributed by atoms with Gasteiger partial charge in [-0.05, 0) is 38.6 Å². The van der Waals surface area contributed by atoms with E-state index >= 15 is 0 Å². The van der Waals surface area contributed by atoms with Gasteiger partial charge in [-0.15, -0.1) is 0 Å². The maximum atomic E-state index is 12.3. The molecule has 20 heavy (non-hydrogen) atoms. The molecule has 0 fully saturated rings. The third-order valence-electron chi connectivity index (χ3n) is 3.21. The summed E-state index contributed by atoms with van der Waals surface area (Å²) in [6.45, 7) is 7.01. The molecule has 1 rings (SSSR count). The van der Waals surface area contributed by atoms with Crippen molar-refractivity contribution in [2.24, 2.45) is 5.92 Å². The van der Waals surface area contributed by atoms with Crippen LogP contribution in [0, 0.1) is 5.92 Å². The van der Waals surface area contributed by atoms with Crippen LogP contribution in [0.2, 0.25) is 0 Å². The molecule has 5 heteroatoms. The first-order valence-corrected chi connectivity index (χ1v) is 7.05. The van der Waals surface area contributed by atoms with Crippen LogP contribution in [-0.4, -0.2) is 42.5 Å². The second kappa shape index (κ2) is 7.24. The van der Waals surface area contributed by atoms with E-state index < -0.39 is 0 Å². The number of aryl methyl sites for hydroxylation is 1. The SMILES string of the molecule is CCc1cc(C(=O)NC(CN(C)C)C(C)C)cc(N)n1. The van der Waals surface area contributed by atoms with Gasteiger partial charge in [-0.25, -0.2) is 4.98 Å². The molecule has 1 atom stereocenters. The quantitative estimate of drug-likeness (QED) is 0.828. The van der Waals surface area contributed by atoms with Gasteiger partial charge in [0.1, 0.15) is 5.82 Å². The van der Waals surface area contributed by atoms with Gasteiger partial charge in [-0.3, -0.25) is 4.79 Å². The second-order valence-corrected chi connectivity index (χ2v) is 5.71. The van der Waals surface area contributed by atoms with Crippen molar-refractivity contribution in [2.45, 2.75) is 33.2 Å². The lowest BCUT2D eigenvalue weighted by Gasteiger charge is -2.25. The fourth-order valence-electron chi connectivity index (χ4n) is 1.99. The number of rotatable bonds is 6. The van der Waals surface area contributed by atoms with Gasteiger partial charge in [0.05, 0.1) is 0 Å². The first kappa shape index (κ1) is 16.4. The monoisotopic (exact) mass is 278 g/mol. The summed E-state index contributed by atoms with van der Waals surface area (Å²) in [6, 6.07) is 3.54. The summed E-state index contributed by atoms with van der Waals surface area (Å²) < 4.78 is 0. The average molecular weight is 278 g/mol. The van der Waals surface area contributed by atoms with E-state index in [1.807, 2.05) is 21.0 Å². The van der Waals surface area contributed by atoms with Crippen LogP contribution in [0.3, 0.4) is 0 Å². The topological polar surface area (TPSA) is 71.2 Å². The van der Waals surface area contributed by atoms with E-state index in [1.165, 1.54) is 0 Å². The maximum Gasteiger partial charge on any atom is 0.251 e. The average Bonchev–Trinajstić information content (AvgIpc) is 2.36. The van der Waals surface area contributed by atoms with Crippen LogP contribution < -0.4 is 11.1 Å². The third kappa shape index (κ3) is 4.81. The van der Waals surface area contributed by atoms with E-state index in [9.17, 15) is 4.79 Å². The van der Waals surface area contributed by atoms with Gasteiger partial charge < -0.3 is 16.0 Å². The lowest BCUT2D eigenvalue weighted by molar-refractivity contribution is 0.0916. The van der Waals surface area contributed by atoms with Crippen LogP contribution in [0.15, 0.2) is 12.1 Å². The standard InChI is InChI=1S/C15H26N4O/c1-6-12-7-11(8-14(16)17-12)15(20)18-13(10(2)3)9-19(4)5/h7-8,10,13H,6,9H2,1-5H3,(H2,16,17)(H,18,20). The first-order chi connectivity index (χ1) is 9.33. The minimum atomic E-state index is -0.0886. The molecule has 0 aromatic carbocycles. The highest BCUT2D eigenvalue weighted by Crippen LogP contribution is 2.10. The number of aromatic nitrogens is 1. The number of carbonyl (C=O) groups is 1. The molecule has 0 bridgehead atoms. The Bertz CT molecular complexity index is 457. The molecule has 0 saturated carbocycles. The van der Waals surface area contributed by atoms with E-state index in [0.717, 1.165) is 18.7 Å². The summed E-state index contributed by atoms with van der Waals surface area (Å²) in [5.41, 5.74) is 7.16. The molecule has 0 aliphatic rings. The Morgan fingerprint density at radius 2 is 2.05 bits per heavy atom. The van der Waals surface area contributed by atoms with Crippen molar-refractivity contribution in [3.8, 4) is 0 Å². The normalized spacial score (nSPS) is 12.8. The highest BCUT2D eigenvalue weighted by molar-refractivity contribution is 5.95. The molecule has 0 radical (unpaired) electrons. The summed E-state index contributed by atoms with van der Waals surface area (Å²) in [7, 11) is 4.00. The number of hydrogen-bond donors (Lipinski definition) is 2. The Hall–Kier alpha value is -1.62. The minimum Gasteiger partial charge on any atom is -0.384 e. The van der Waals surface area contributed by atoms with E-state index in [-0.39, 0.29) is 11.9 Å². The van der Waals surface area contributed by atoms with Gasteiger partial charge in [0, 0.05) is 23.8 Å². The molecule has 0 saturated heterocycles. The molecule has 1 amide bonds. The van der Waals surface area contributed by atoms with E-state index in [0.29, 0.717) is 17.3 Å². The molecular weight excluding hydrogens is 252 g/mol. The fourth-order valence-corrected chi connectivity index (χ4v) is 1.99. The molecule has 1 aromatic rings. The van der Waals surface area contributed by atoms with Crippen LogP contribution in [0.5, 0.6) is 0 Å². The predicted octanol–water partition coefficient (Wildman–Crippen LogP) is 1.54. The molecule has 0 spiro atoms. The van der Waals surface area contributed by atoms with Crippen LogP contribution in [-0.2, 0) is 6.42 Å². The number of nitrogens with zero attached hydrogens (tertiary/aromatic N) is 2. The van der Waals surface area contributed by atoms with Crippen LogP contribution in [0.4, 0.5) is 5.82 Å². The Morgan fingerprint density at radius 1 is 1.40 bits per heavy atom. The van der Waals surface area contributed by atoms with Crippen molar-refractivity contribution in [3.05, 3.63) is 23.4 Å². The number of pyridine rings is 1. The van der Waals surface area contributed by atoms with Gasteiger partial charge in [-0.1, -0.05) is 20.8 Å². The summed E-state index contributed by atoms with van der Waals surface area (Å²) in [4.78, 5) is 18.6.